The number of amides is 2. The molecule has 2 rings (SSSR count). The second-order valence-electron chi connectivity index (χ2n) is 6.74. The van der Waals surface area contributed by atoms with E-state index in [9.17, 15) is 14.4 Å². The van der Waals surface area contributed by atoms with Crippen LogP contribution in [0.4, 0.5) is 0 Å². The van der Waals surface area contributed by atoms with E-state index in [-0.39, 0.29) is 24.8 Å². The van der Waals surface area contributed by atoms with Gasteiger partial charge in [-0.25, -0.2) is 4.79 Å². The van der Waals surface area contributed by atoms with Crippen LogP contribution < -0.4 is 15.4 Å². The molecular weight excluding hydrogens is 350 g/mol. The molecule has 2 aromatic rings. The van der Waals surface area contributed by atoms with Gasteiger partial charge in [-0.05, 0) is 30.0 Å². The van der Waals surface area contributed by atoms with Gasteiger partial charge in [0.2, 0.25) is 11.8 Å². The van der Waals surface area contributed by atoms with Gasteiger partial charge in [0.1, 0.15) is 11.8 Å². The van der Waals surface area contributed by atoms with Crippen LogP contribution in [-0.2, 0) is 20.8 Å². The lowest BCUT2D eigenvalue weighted by Gasteiger charge is -2.16. The van der Waals surface area contributed by atoms with Crippen LogP contribution in [0.1, 0.15) is 25.8 Å². The fourth-order valence-corrected chi connectivity index (χ4v) is 2.88. The van der Waals surface area contributed by atoms with Crippen molar-refractivity contribution in [3.63, 3.8) is 0 Å². The number of rotatable bonds is 9. The molecule has 0 bridgehead atoms. The van der Waals surface area contributed by atoms with Crippen LogP contribution >= 0.6 is 0 Å². The van der Waals surface area contributed by atoms with E-state index in [2.05, 4.69) is 15.6 Å². The van der Waals surface area contributed by atoms with Gasteiger partial charge in [-0.1, -0.05) is 19.9 Å². The van der Waals surface area contributed by atoms with Crippen molar-refractivity contribution in [2.45, 2.75) is 32.7 Å². The summed E-state index contributed by atoms with van der Waals surface area (Å²) in [5.41, 5.74) is 1.61. The van der Waals surface area contributed by atoms with Gasteiger partial charge in [0.05, 0.1) is 20.1 Å². The Morgan fingerprint density at radius 2 is 1.96 bits per heavy atom. The van der Waals surface area contributed by atoms with Crippen LogP contribution in [0.25, 0.3) is 10.9 Å². The number of carbonyl (C=O) groups excluding carboxylic acids is 2. The van der Waals surface area contributed by atoms with Crippen molar-refractivity contribution in [2.24, 2.45) is 5.92 Å². The maximum atomic E-state index is 12.2. The molecule has 0 saturated heterocycles. The lowest BCUT2D eigenvalue weighted by molar-refractivity contribution is -0.142. The molecule has 0 fully saturated rings. The maximum Gasteiger partial charge on any atom is 0.326 e. The molecule has 0 aliphatic rings. The number of fused-ring (bicyclic) bond motifs is 1. The first-order valence-electron chi connectivity index (χ1n) is 8.73. The number of benzene rings is 1. The molecule has 0 saturated carbocycles. The number of ether oxygens (including phenoxy) is 1. The number of hydrogen-bond acceptors (Lipinski definition) is 4. The third kappa shape index (κ3) is 5.47. The van der Waals surface area contributed by atoms with E-state index in [0.717, 1.165) is 16.5 Å². The van der Waals surface area contributed by atoms with Gasteiger partial charge in [-0.2, -0.15) is 0 Å². The zero-order valence-electron chi connectivity index (χ0n) is 15.7. The maximum absolute atomic E-state index is 12.2. The minimum absolute atomic E-state index is 0.0714. The van der Waals surface area contributed by atoms with Gasteiger partial charge in [0.25, 0.3) is 0 Å². The predicted octanol–water partition coefficient (Wildman–Crippen LogP) is 1.45. The first kappa shape index (κ1) is 20.3. The standard InChI is InChI=1S/C19H25N3O5/c1-11(2)7-14(19(25)26)22-17(24)10-21-16(23)8-12-9-20-13-5-4-6-15(27-3)18(12)13/h4-6,9,11,14,20H,7-8,10H2,1-3H3,(H,21,23)(H,22,24)(H,25,26)/t14-/m0/s1. The van der Waals surface area contributed by atoms with E-state index in [1.54, 1.807) is 13.3 Å². The molecule has 1 aromatic heterocycles. The third-order valence-corrected chi connectivity index (χ3v) is 4.11. The highest BCUT2D eigenvalue weighted by atomic mass is 16.5. The SMILES string of the molecule is COc1cccc2[nH]cc(CC(=O)NCC(=O)N[C@@H](CC(C)C)C(=O)O)c12. The van der Waals surface area contributed by atoms with Crippen molar-refractivity contribution in [3.05, 3.63) is 30.0 Å². The first-order valence-corrected chi connectivity index (χ1v) is 8.73. The summed E-state index contributed by atoms with van der Waals surface area (Å²) in [6, 6.07) is 4.58. The van der Waals surface area contributed by atoms with Gasteiger partial charge in [-0.15, -0.1) is 0 Å². The predicted molar refractivity (Wildman–Crippen MR) is 101 cm³/mol. The van der Waals surface area contributed by atoms with Gasteiger partial charge in [-0.3, -0.25) is 9.59 Å². The summed E-state index contributed by atoms with van der Waals surface area (Å²) in [6.45, 7) is 3.47. The average molecular weight is 375 g/mol. The highest BCUT2D eigenvalue weighted by Gasteiger charge is 2.21. The Balaban J connectivity index is 1.93. The van der Waals surface area contributed by atoms with E-state index in [1.807, 2.05) is 32.0 Å². The summed E-state index contributed by atoms with van der Waals surface area (Å²) in [5, 5.41) is 14.9. The van der Waals surface area contributed by atoms with Gasteiger partial charge in [0, 0.05) is 17.1 Å². The van der Waals surface area contributed by atoms with Crippen LogP contribution in [0.3, 0.4) is 0 Å². The number of aliphatic carboxylic acids is 1. The van der Waals surface area contributed by atoms with Crippen molar-refractivity contribution >= 4 is 28.7 Å². The van der Waals surface area contributed by atoms with E-state index in [1.165, 1.54) is 0 Å². The minimum Gasteiger partial charge on any atom is -0.496 e. The van der Waals surface area contributed by atoms with Crippen molar-refractivity contribution in [1.29, 1.82) is 0 Å². The molecule has 1 atom stereocenters. The zero-order chi connectivity index (χ0) is 20.0. The second kappa shape index (κ2) is 9.07. The van der Waals surface area contributed by atoms with Crippen LogP contribution in [0, 0.1) is 5.92 Å². The summed E-state index contributed by atoms with van der Waals surface area (Å²) in [5.74, 6) is -1.18. The molecule has 2 amide bonds. The average Bonchev–Trinajstić information content (AvgIpc) is 3.02. The lowest BCUT2D eigenvalue weighted by Crippen LogP contribution is -2.46. The Morgan fingerprint density at radius 1 is 1.22 bits per heavy atom. The zero-order valence-corrected chi connectivity index (χ0v) is 15.7. The molecule has 1 aromatic carbocycles. The highest BCUT2D eigenvalue weighted by molar-refractivity contribution is 5.94. The van der Waals surface area contributed by atoms with Crippen LogP contribution in [0.15, 0.2) is 24.4 Å². The van der Waals surface area contributed by atoms with Crippen molar-refractivity contribution in [3.8, 4) is 5.75 Å². The molecule has 1 heterocycles. The van der Waals surface area contributed by atoms with Crippen LogP contribution in [-0.4, -0.2) is 47.6 Å². The summed E-state index contributed by atoms with van der Waals surface area (Å²) in [6.07, 6.45) is 2.13. The number of nitrogens with one attached hydrogen (secondary N) is 3. The molecule has 0 radical (unpaired) electrons. The monoisotopic (exact) mass is 375 g/mol. The Morgan fingerprint density at radius 3 is 2.59 bits per heavy atom. The molecule has 27 heavy (non-hydrogen) atoms. The third-order valence-electron chi connectivity index (χ3n) is 4.11. The summed E-state index contributed by atoms with van der Waals surface area (Å²) < 4.78 is 5.33. The Bertz CT molecular complexity index is 828. The number of carboxylic acids is 1. The molecule has 0 aliphatic heterocycles. The fraction of sp³-hybridized carbons (Fsp3) is 0.421. The smallest absolute Gasteiger partial charge is 0.326 e. The fourth-order valence-electron chi connectivity index (χ4n) is 2.88. The van der Waals surface area contributed by atoms with Crippen LogP contribution in [0.2, 0.25) is 0 Å². The van der Waals surface area contributed by atoms with E-state index >= 15 is 0 Å². The largest absolute Gasteiger partial charge is 0.496 e. The number of H-pyrrole nitrogens is 1. The van der Waals surface area contributed by atoms with Crippen molar-refractivity contribution in [2.75, 3.05) is 13.7 Å². The number of aromatic nitrogens is 1. The van der Waals surface area contributed by atoms with E-state index in [0.29, 0.717) is 12.2 Å². The van der Waals surface area contributed by atoms with E-state index in [4.69, 9.17) is 9.84 Å². The second-order valence-corrected chi connectivity index (χ2v) is 6.74. The number of carbonyl (C=O) groups is 3. The molecule has 8 heteroatoms. The topological polar surface area (TPSA) is 121 Å². The minimum atomic E-state index is -1.09. The first-order chi connectivity index (χ1) is 12.8. The van der Waals surface area contributed by atoms with Gasteiger partial charge >= 0.3 is 5.97 Å². The van der Waals surface area contributed by atoms with Crippen molar-refractivity contribution in [1.82, 2.24) is 15.6 Å². The lowest BCUT2D eigenvalue weighted by atomic mass is 10.0. The number of aromatic amines is 1. The molecule has 146 valence electrons. The molecule has 4 N–H and O–H groups in total. The highest BCUT2D eigenvalue weighted by Crippen LogP contribution is 2.28. The molecule has 0 spiro atoms. The Kier molecular flexibility index (Phi) is 6.81. The number of hydrogen-bond donors (Lipinski definition) is 4. The molecule has 0 unspecified atom stereocenters. The van der Waals surface area contributed by atoms with Gasteiger partial charge < -0.3 is 25.5 Å². The number of methoxy groups -OCH3 is 1. The molecule has 0 aliphatic carbocycles. The quantitative estimate of drug-likeness (QED) is 0.529. The Hall–Kier alpha value is -3.03. The van der Waals surface area contributed by atoms with Crippen molar-refractivity contribution < 1.29 is 24.2 Å². The summed E-state index contributed by atoms with van der Waals surface area (Å²) >= 11 is 0. The summed E-state index contributed by atoms with van der Waals surface area (Å²) in [4.78, 5) is 38.4. The summed E-state index contributed by atoms with van der Waals surface area (Å²) in [7, 11) is 1.56. The van der Waals surface area contributed by atoms with E-state index < -0.39 is 17.9 Å². The van der Waals surface area contributed by atoms with Crippen LogP contribution in [0.5, 0.6) is 5.75 Å². The number of carboxylic acid groups (broad SMARTS) is 1. The normalized spacial score (nSPS) is 12.0. The Labute approximate surface area is 157 Å². The molecule has 8 nitrogen and oxygen atoms in total. The molecular formula is C19H25N3O5. The van der Waals surface area contributed by atoms with Gasteiger partial charge in [0.15, 0.2) is 0 Å².